The molecule has 0 saturated heterocycles. The lowest BCUT2D eigenvalue weighted by molar-refractivity contribution is 0.102. The van der Waals surface area contributed by atoms with Gasteiger partial charge in [-0.2, -0.15) is 9.78 Å². The summed E-state index contributed by atoms with van der Waals surface area (Å²) in [5, 5.41) is 7.67. The van der Waals surface area contributed by atoms with Crippen molar-refractivity contribution in [2.24, 2.45) is 0 Å². The summed E-state index contributed by atoms with van der Waals surface area (Å²) in [6.45, 7) is 10.2. The van der Waals surface area contributed by atoms with E-state index >= 15 is 0 Å². The maximum absolute atomic E-state index is 12.8. The monoisotopic (exact) mass is 348 g/mol. The molecule has 0 aliphatic carbocycles. The second-order valence-electron chi connectivity index (χ2n) is 7.60. The smallest absolute Gasteiger partial charge is 0.256 e. The van der Waals surface area contributed by atoms with Crippen molar-refractivity contribution < 1.29 is 4.79 Å². The number of aromatic nitrogens is 3. The summed E-state index contributed by atoms with van der Waals surface area (Å²) in [5.41, 5.74) is 3.50. The number of benzene rings is 1. The largest absolute Gasteiger partial charge is 0.306 e. The van der Waals surface area contributed by atoms with E-state index in [0.717, 1.165) is 16.8 Å². The van der Waals surface area contributed by atoms with Crippen LogP contribution in [0.1, 0.15) is 48.0 Å². The van der Waals surface area contributed by atoms with Gasteiger partial charge in [-0.25, -0.2) is 4.98 Å². The van der Waals surface area contributed by atoms with Crippen molar-refractivity contribution in [1.82, 2.24) is 14.8 Å². The van der Waals surface area contributed by atoms with E-state index in [-0.39, 0.29) is 11.3 Å². The molecule has 3 aromatic rings. The molecule has 26 heavy (non-hydrogen) atoms. The van der Waals surface area contributed by atoms with E-state index in [9.17, 15) is 4.79 Å². The molecule has 2 aromatic heterocycles. The zero-order chi connectivity index (χ0) is 18.9. The molecular weight excluding hydrogens is 324 g/mol. The SMILES string of the molecule is Cc1cc(C)cc(C(=O)Nc2cc(C(C)(C)C)nn2-c2ccccn2)c1. The molecule has 1 N–H and O–H groups in total. The molecule has 0 saturated carbocycles. The number of anilines is 1. The third-order valence-electron chi connectivity index (χ3n) is 4.07. The highest BCUT2D eigenvalue weighted by molar-refractivity contribution is 6.04. The number of amides is 1. The highest BCUT2D eigenvalue weighted by Crippen LogP contribution is 2.26. The molecule has 134 valence electrons. The highest BCUT2D eigenvalue weighted by Gasteiger charge is 2.22. The van der Waals surface area contributed by atoms with Crippen molar-refractivity contribution in [3.8, 4) is 5.82 Å². The summed E-state index contributed by atoms with van der Waals surface area (Å²) < 4.78 is 1.68. The van der Waals surface area contributed by atoms with E-state index < -0.39 is 0 Å². The molecule has 0 fully saturated rings. The molecule has 5 heteroatoms. The minimum Gasteiger partial charge on any atom is -0.306 e. The minimum atomic E-state index is -0.158. The van der Waals surface area contributed by atoms with Crippen LogP contribution in [0.25, 0.3) is 5.82 Å². The fourth-order valence-electron chi connectivity index (χ4n) is 2.78. The first-order valence-electron chi connectivity index (χ1n) is 8.65. The summed E-state index contributed by atoms with van der Waals surface area (Å²) in [6, 6.07) is 13.3. The topological polar surface area (TPSA) is 59.8 Å². The van der Waals surface area contributed by atoms with Gasteiger partial charge >= 0.3 is 0 Å². The van der Waals surface area contributed by atoms with Crippen LogP contribution in [-0.2, 0) is 5.41 Å². The molecule has 0 radical (unpaired) electrons. The fourth-order valence-corrected chi connectivity index (χ4v) is 2.78. The maximum atomic E-state index is 12.8. The number of hydrogen-bond donors (Lipinski definition) is 1. The highest BCUT2D eigenvalue weighted by atomic mass is 16.1. The zero-order valence-corrected chi connectivity index (χ0v) is 15.9. The summed E-state index contributed by atoms with van der Waals surface area (Å²) in [4.78, 5) is 17.2. The van der Waals surface area contributed by atoms with Crippen LogP contribution in [0.4, 0.5) is 5.82 Å². The van der Waals surface area contributed by atoms with Crippen LogP contribution >= 0.6 is 0 Å². The van der Waals surface area contributed by atoms with Gasteiger partial charge in [-0.15, -0.1) is 0 Å². The van der Waals surface area contributed by atoms with Gasteiger partial charge in [-0.1, -0.05) is 44.0 Å². The molecule has 0 aliphatic heterocycles. The molecule has 0 spiro atoms. The van der Waals surface area contributed by atoms with Crippen LogP contribution in [0.15, 0.2) is 48.7 Å². The Hall–Kier alpha value is -2.95. The first kappa shape index (κ1) is 17.9. The molecule has 5 nitrogen and oxygen atoms in total. The molecule has 1 aromatic carbocycles. The first-order chi connectivity index (χ1) is 12.2. The lowest BCUT2D eigenvalue weighted by atomic mass is 9.92. The summed E-state index contributed by atoms with van der Waals surface area (Å²) in [5.74, 6) is 1.12. The Morgan fingerprint density at radius 2 is 1.73 bits per heavy atom. The molecule has 0 unspecified atom stereocenters. The molecule has 1 amide bonds. The van der Waals surface area contributed by atoms with Crippen LogP contribution in [0.2, 0.25) is 0 Å². The van der Waals surface area contributed by atoms with E-state index in [1.165, 1.54) is 0 Å². The number of hydrogen-bond acceptors (Lipinski definition) is 3. The number of carbonyl (C=O) groups excluding carboxylic acids is 1. The zero-order valence-electron chi connectivity index (χ0n) is 15.9. The quantitative estimate of drug-likeness (QED) is 0.761. The summed E-state index contributed by atoms with van der Waals surface area (Å²) in [6.07, 6.45) is 1.71. The van der Waals surface area contributed by atoms with Gasteiger partial charge in [0.1, 0.15) is 5.82 Å². The van der Waals surface area contributed by atoms with Crippen LogP contribution in [0, 0.1) is 13.8 Å². The Balaban J connectivity index is 2.01. The van der Waals surface area contributed by atoms with Gasteiger partial charge in [0, 0.05) is 23.2 Å². The van der Waals surface area contributed by atoms with Crippen LogP contribution < -0.4 is 5.32 Å². The van der Waals surface area contributed by atoms with Crippen LogP contribution in [-0.4, -0.2) is 20.7 Å². The number of pyridine rings is 1. The van der Waals surface area contributed by atoms with Gasteiger partial charge in [-0.05, 0) is 38.1 Å². The van der Waals surface area contributed by atoms with Gasteiger partial charge in [0.2, 0.25) is 0 Å². The van der Waals surface area contributed by atoms with Crippen molar-refractivity contribution in [2.75, 3.05) is 5.32 Å². The van der Waals surface area contributed by atoms with E-state index in [2.05, 4.69) is 36.2 Å². The molecule has 0 atom stereocenters. The predicted molar refractivity (Wildman–Crippen MR) is 104 cm³/mol. The van der Waals surface area contributed by atoms with Crippen molar-refractivity contribution in [3.63, 3.8) is 0 Å². The van der Waals surface area contributed by atoms with E-state index in [4.69, 9.17) is 0 Å². The third-order valence-corrected chi connectivity index (χ3v) is 4.07. The van der Waals surface area contributed by atoms with Gasteiger partial charge in [0.05, 0.1) is 5.69 Å². The summed E-state index contributed by atoms with van der Waals surface area (Å²) in [7, 11) is 0. The Labute approximate surface area is 154 Å². The maximum Gasteiger partial charge on any atom is 0.256 e. The Bertz CT molecular complexity index is 916. The Morgan fingerprint density at radius 3 is 2.31 bits per heavy atom. The lowest BCUT2D eigenvalue weighted by Gasteiger charge is -2.13. The van der Waals surface area contributed by atoms with Gasteiger partial charge in [0.15, 0.2) is 5.82 Å². The lowest BCUT2D eigenvalue weighted by Crippen LogP contribution is -2.16. The van der Waals surface area contributed by atoms with Crippen molar-refractivity contribution >= 4 is 11.7 Å². The van der Waals surface area contributed by atoms with Crippen LogP contribution in [0.3, 0.4) is 0 Å². The molecule has 0 aliphatic rings. The number of nitrogens with one attached hydrogen (secondary N) is 1. The normalized spacial score (nSPS) is 11.4. The average Bonchev–Trinajstić information content (AvgIpc) is 2.99. The number of carbonyl (C=O) groups is 1. The van der Waals surface area contributed by atoms with Gasteiger partial charge < -0.3 is 5.32 Å². The van der Waals surface area contributed by atoms with Crippen molar-refractivity contribution in [2.45, 2.75) is 40.0 Å². The van der Waals surface area contributed by atoms with E-state index in [1.54, 1.807) is 10.9 Å². The molecule has 3 rings (SSSR count). The molecule has 2 heterocycles. The first-order valence-corrected chi connectivity index (χ1v) is 8.65. The molecular formula is C21H24N4O. The second-order valence-corrected chi connectivity index (χ2v) is 7.60. The van der Waals surface area contributed by atoms with E-state index in [1.807, 2.05) is 56.3 Å². The van der Waals surface area contributed by atoms with Crippen molar-refractivity contribution in [3.05, 3.63) is 71.0 Å². The Kier molecular flexibility index (Phi) is 4.64. The van der Waals surface area contributed by atoms with Gasteiger partial charge in [0.25, 0.3) is 5.91 Å². The Morgan fingerprint density at radius 1 is 1.04 bits per heavy atom. The van der Waals surface area contributed by atoms with E-state index in [0.29, 0.717) is 17.2 Å². The summed E-state index contributed by atoms with van der Waals surface area (Å²) >= 11 is 0. The predicted octanol–water partition coefficient (Wildman–Crippen LogP) is 4.43. The second kappa shape index (κ2) is 6.75. The minimum absolute atomic E-state index is 0.139. The van der Waals surface area contributed by atoms with Gasteiger partial charge in [-0.3, -0.25) is 4.79 Å². The fraction of sp³-hybridized carbons (Fsp3) is 0.286. The van der Waals surface area contributed by atoms with Crippen molar-refractivity contribution in [1.29, 1.82) is 0 Å². The van der Waals surface area contributed by atoms with Crippen LogP contribution in [0.5, 0.6) is 0 Å². The number of nitrogens with zero attached hydrogens (tertiary/aromatic N) is 3. The average molecular weight is 348 g/mol. The standard InChI is InChI=1S/C21H24N4O/c1-14-10-15(2)12-16(11-14)20(26)23-19-13-17(21(3,4)5)24-25(19)18-8-6-7-9-22-18/h6-13H,1-5H3,(H,23,26). The molecule has 0 bridgehead atoms. The number of aryl methyl sites for hydroxylation is 2. The third kappa shape index (κ3) is 3.82. The number of rotatable bonds is 3.